The Kier molecular flexibility index (Phi) is 5.52. The summed E-state index contributed by atoms with van der Waals surface area (Å²) in [7, 11) is 0. The van der Waals surface area contributed by atoms with Crippen LogP contribution in [0.3, 0.4) is 0 Å². The van der Waals surface area contributed by atoms with Gasteiger partial charge in [-0.1, -0.05) is 13.8 Å². The molecule has 6 heteroatoms. The van der Waals surface area contributed by atoms with Gasteiger partial charge < -0.3 is 25.4 Å². The lowest BCUT2D eigenvalue weighted by atomic mass is 9.82. The van der Waals surface area contributed by atoms with Crippen molar-refractivity contribution >= 4 is 5.91 Å². The van der Waals surface area contributed by atoms with Crippen molar-refractivity contribution in [2.75, 3.05) is 6.61 Å². The molecule has 18 heavy (non-hydrogen) atoms. The van der Waals surface area contributed by atoms with Crippen LogP contribution in [0.25, 0.3) is 0 Å². The molecule has 1 amide bonds. The smallest absolute Gasteiger partial charge is 0.217 e. The number of hydrogen-bond acceptors (Lipinski definition) is 5. The first-order chi connectivity index (χ1) is 8.36. The topological polar surface area (TPSA) is 99.0 Å². The Morgan fingerprint density at radius 2 is 2.06 bits per heavy atom. The standard InChI is InChI=1S/C12H23NO5/c1-6(2)11-10(13-7(3)15)9(12(16)17)4-8(5-14)18-11/h6,8-12,14,16-17H,4-5H2,1-3H3,(H,13,15)/t8?,9?,10?,11-/m0/s1. The van der Waals surface area contributed by atoms with Crippen molar-refractivity contribution in [3.63, 3.8) is 0 Å². The van der Waals surface area contributed by atoms with Gasteiger partial charge in [-0.25, -0.2) is 0 Å². The van der Waals surface area contributed by atoms with Crippen LogP contribution in [-0.2, 0) is 9.53 Å². The number of carbonyl (C=O) groups is 1. The minimum Gasteiger partial charge on any atom is -0.394 e. The predicted octanol–water partition coefficient (Wildman–Crippen LogP) is -0.776. The summed E-state index contributed by atoms with van der Waals surface area (Å²) >= 11 is 0. The lowest BCUT2D eigenvalue weighted by molar-refractivity contribution is -0.183. The van der Waals surface area contributed by atoms with Gasteiger partial charge in [-0.2, -0.15) is 0 Å². The van der Waals surface area contributed by atoms with E-state index in [0.717, 1.165) is 0 Å². The van der Waals surface area contributed by atoms with E-state index in [1.165, 1.54) is 6.92 Å². The highest BCUT2D eigenvalue weighted by atomic mass is 16.5. The van der Waals surface area contributed by atoms with E-state index in [1.54, 1.807) is 0 Å². The number of aliphatic hydroxyl groups is 3. The molecule has 0 radical (unpaired) electrons. The summed E-state index contributed by atoms with van der Waals surface area (Å²) in [4.78, 5) is 11.2. The van der Waals surface area contributed by atoms with Gasteiger partial charge in [0.15, 0.2) is 6.29 Å². The fourth-order valence-corrected chi connectivity index (χ4v) is 2.48. The lowest BCUT2D eigenvalue weighted by Crippen LogP contribution is -2.59. The van der Waals surface area contributed by atoms with Crippen LogP contribution in [0, 0.1) is 11.8 Å². The highest BCUT2D eigenvalue weighted by Crippen LogP contribution is 2.31. The molecule has 4 N–H and O–H groups in total. The fourth-order valence-electron chi connectivity index (χ4n) is 2.48. The van der Waals surface area contributed by atoms with Gasteiger partial charge >= 0.3 is 0 Å². The molecule has 1 saturated heterocycles. The van der Waals surface area contributed by atoms with Crippen LogP contribution in [0.1, 0.15) is 27.2 Å². The number of aliphatic hydroxyl groups excluding tert-OH is 2. The third kappa shape index (κ3) is 3.65. The summed E-state index contributed by atoms with van der Waals surface area (Å²) in [5, 5.41) is 30.8. The van der Waals surface area contributed by atoms with Crippen LogP contribution >= 0.6 is 0 Å². The molecule has 1 heterocycles. The molecule has 0 spiro atoms. The van der Waals surface area contributed by atoms with Crippen molar-refractivity contribution < 1.29 is 24.9 Å². The van der Waals surface area contributed by atoms with Crippen molar-refractivity contribution in [3.05, 3.63) is 0 Å². The molecule has 0 aromatic rings. The molecule has 1 fully saturated rings. The first-order valence-electron chi connectivity index (χ1n) is 6.26. The van der Waals surface area contributed by atoms with Crippen molar-refractivity contribution in [2.24, 2.45) is 11.8 Å². The molecule has 4 atom stereocenters. The van der Waals surface area contributed by atoms with Gasteiger partial charge in [-0.3, -0.25) is 4.79 Å². The SMILES string of the molecule is CC(=O)NC1C(C(O)O)CC(CO)O[C@H]1C(C)C. The summed E-state index contributed by atoms with van der Waals surface area (Å²) < 4.78 is 5.70. The van der Waals surface area contributed by atoms with E-state index in [-0.39, 0.29) is 24.5 Å². The summed E-state index contributed by atoms with van der Waals surface area (Å²) in [6, 6.07) is -0.453. The van der Waals surface area contributed by atoms with E-state index >= 15 is 0 Å². The number of rotatable bonds is 4. The Bertz CT molecular complexity index is 264. The monoisotopic (exact) mass is 261 g/mol. The van der Waals surface area contributed by atoms with Crippen LogP contribution in [0.2, 0.25) is 0 Å². The van der Waals surface area contributed by atoms with Crippen molar-refractivity contribution in [1.29, 1.82) is 0 Å². The summed E-state index contributed by atoms with van der Waals surface area (Å²) in [6.45, 7) is 5.08. The van der Waals surface area contributed by atoms with E-state index in [4.69, 9.17) is 4.74 Å². The zero-order valence-electron chi connectivity index (χ0n) is 11.0. The fraction of sp³-hybridized carbons (Fsp3) is 0.917. The highest BCUT2D eigenvalue weighted by molar-refractivity contribution is 5.73. The Hall–Kier alpha value is -0.690. The average molecular weight is 261 g/mol. The van der Waals surface area contributed by atoms with E-state index in [2.05, 4.69) is 5.32 Å². The molecular weight excluding hydrogens is 238 g/mol. The Balaban J connectivity index is 2.91. The number of amides is 1. The predicted molar refractivity (Wildman–Crippen MR) is 64.5 cm³/mol. The molecule has 106 valence electrons. The van der Waals surface area contributed by atoms with Crippen LogP contribution in [0.4, 0.5) is 0 Å². The third-order valence-electron chi connectivity index (χ3n) is 3.31. The van der Waals surface area contributed by atoms with Crippen LogP contribution in [-0.4, -0.2) is 52.4 Å². The van der Waals surface area contributed by atoms with E-state index in [0.29, 0.717) is 6.42 Å². The van der Waals surface area contributed by atoms with Crippen molar-refractivity contribution in [2.45, 2.75) is 51.7 Å². The molecule has 0 saturated carbocycles. The van der Waals surface area contributed by atoms with Crippen molar-refractivity contribution in [1.82, 2.24) is 5.32 Å². The Morgan fingerprint density at radius 1 is 1.44 bits per heavy atom. The van der Waals surface area contributed by atoms with E-state index < -0.39 is 24.4 Å². The number of carbonyl (C=O) groups excluding carboxylic acids is 1. The van der Waals surface area contributed by atoms with Gasteiger partial charge in [0.25, 0.3) is 0 Å². The first kappa shape index (κ1) is 15.4. The summed E-state index contributed by atoms with van der Waals surface area (Å²) in [5.41, 5.74) is 0. The molecule has 1 rings (SSSR count). The quantitative estimate of drug-likeness (QED) is 0.498. The minimum absolute atomic E-state index is 0.0949. The molecule has 3 unspecified atom stereocenters. The molecular formula is C12H23NO5. The van der Waals surface area contributed by atoms with E-state index in [1.807, 2.05) is 13.8 Å². The van der Waals surface area contributed by atoms with Gasteiger partial charge in [0.2, 0.25) is 5.91 Å². The van der Waals surface area contributed by atoms with Gasteiger partial charge in [0.05, 0.1) is 24.9 Å². The van der Waals surface area contributed by atoms with Crippen LogP contribution < -0.4 is 5.32 Å². The van der Waals surface area contributed by atoms with Crippen molar-refractivity contribution in [3.8, 4) is 0 Å². The molecule has 1 aliphatic rings. The number of nitrogens with one attached hydrogen (secondary N) is 1. The maximum absolute atomic E-state index is 11.2. The first-order valence-corrected chi connectivity index (χ1v) is 6.26. The van der Waals surface area contributed by atoms with Gasteiger partial charge in [-0.05, 0) is 12.3 Å². The Morgan fingerprint density at radius 3 is 2.44 bits per heavy atom. The van der Waals surface area contributed by atoms with Crippen LogP contribution in [0.15, 0.2) is 0 Å². The Labute approximate surface area is 107 Å². The zero-order valence-corrected chi connectivity index (χ0v) is 11.0. The minimum atomic E-state index is -1.54. The largest absolute Gasteiger partial charge is 0.394 e. The highest BCUT2D eigenvalue weighted by Gasteiger charge is 2.43. The maximum Gasteiger partial charge on any atom is 0.217 e. The second kappa shape index (κ2) is 6.47. The number of hydrogen-bond donors (Lipinski definition) is 4. The molecule has 0 aromatic carbocycles. The summed E-state index contributed by atoms with van der Waals surface area (Å²) in [6.07, 6.45) is -2.00. The normalized spacial score (nSPS) is 32.9. The lowest BCUT2D eigenvalue weighted by Gasteiger charge is -2.44. The summed E-state index contributed by atoms with van der Waals surface area (Å²) in [5.74, 6) is -0.674. The zero-order chi connectivity index (χ0) is 13.9. The second-order valence-electron chi connectivity index (χ2n) is 5.19. The average Bonchev–Trinajstić information content (AvgIpc) is 2.27. The molecule has 0 aromatic heterocycles. The second-order valence-corrected chi connectivity index (χ2v) is 5.19. The molecule has 6 nitrogen and oxygen atoms in total. The molecule has 0 aliphatic carbocycles. The van der Waals surface area contributed by atoms with E-state index in [9.17, 15) is 20.1 Å². The third-order valence-corrected chi connectivity index (χ3v) is 3.31. The number of ether oxygens (including phenoxy) is 1. The van der Waals surface area contributed by atoms with Gasteiger partial charge in [0.1, 0.15) is 0 Å². The van der Waals surface area contributed by atoms with Gasteiger partial charge in [0, 0.05) is 12.8 Å². The maximum atomic E-state index is 11.2. The van der Waals surface area contributed by atoms with Gasteiger partial charge in [-0.15, -0.1) is 0 Å². The molecule has 1 aliphatic heterocycles. The molecule has 0 bridgehead atoms. The van der Waals surface area contributed by atoms with Crippen LogP contribution in [0.5, 0.6) is 0 Å².